The summed E-state index contributed by atoms with van der Waals surface area (Å²) in [5, 5.41) is 9.38. The van der Waals surface area contributed by atoms with Crippen LogP contribution in [0.2, 0.25) is 0 Å². The molecule has 0 aliphatic carbocycles. The zero-order chi connectivity index (χ0) is 13.9. The standard InChI is InChI=1S/C14H20O2.C2H6/c1-9-7-11(8-15)12-5-6-14(3,4)16-13(12)10(9)2;1-2/h7,15H,5-6,8H2,1-4H3;1-2H3. The first-order chi connectivity index (χ1) is 8.44. The third kappa shape index (κ3) is 2.86. The summed E-state index contributed by atoms with van der Waals surface area (Å²) in [6, 6.07) is 2.08. The fraction of sp³-hybridized carbons (Fsp3) is 0.625. The predicted molar refractivity (Wildman–Crippen MR) is 76.2 cm³/mol. The van der Waals surface area contributed by atoms with Crippen LogP contribution in [0.25, 0.3) is 0 Å². The molecule has 0 atom stereocenters. The first-order valence-electron chi connectivity index (χ1n) is 6.86. The molecule has 0 unspecified atom stereocenters. The van der Waals surface area contributed by atoms with E-state index < -0.39 is 0 Å². The third-order valence-electron chi connectivity index (χ3n) is 3.51. The van der Waals surface area contributed by atoms with Crippen molar-refractivity contribution in [1.29, 1.82) is 0 Å². The summed E-state index contributed by atoms with van der Waals surface area (Å²) in [6.07, 6.45) is 2.01. The van der Waals surface area contributed by atoms with E-state index in [1.165, 1.54) is 16.7 Å². The van der Waals surface area contributed by atoms with E-state index in [2.05, 4.69) is 33.8 Å². The van der Waals surface area contributed by atoms with Crippen molar-refractivity contribution < 1.29 is 9.84 Å². The zero-order valence-electron chi connectivity index (χ0n) is 12.6. The van der Waals surface area contributed by atoms with Crippen LogP contribution >= 0.6 is 0 Å². The van der Waals surface area contributed by atoms with Gasteiger partial charge in [-0.3, -0.25) is 0 Å². The molecule has 1 heterocycles. The Morgan fingerprint density at radius 3 is 2.44 bits per heavy atom. The molecule has 1 N–H and O–H groups in total. The minimum absolute atomic E-state index is 0.0850. The van der Waals surface area contributed by atoms with Crippen molar-refractivity contribution in [3.8, 4) is 5.75 Å². The second kappa shape index (κ2) is 5.75. The van der Waals surface area contributed by atoms with Gasteiger partial charge in [-0.2, -0.15) is 0 Å². The number of hydrogen-bond donors (Lipinski definition) is 1. The maximum absolute atomic E-state index is 9.38. The van der Waals surface area contributed by atoms with Crippen molar-refractivity contribution in [1.82, 2.24) is 0 Å². The van der Waals surface area contributed by atoms with E-state index in [1.807, 2.05) is 13.8 Å². The first-order valence-corrected chi connectivity index (χ1v) is 6.86. The molecule has 1 aromatic carbocycles. The topological polar surface area (TPSA) is 29.5 Å². The van der Waals surface area contributed by atoms with E-state index in [0.29, 0.717) is 0 Å². The largest absolute Gasteiger partial charge is 0.487 e. The summed E-state index contributed by atoms with van der Waals surface area (Å²) in [6.45, 7) is 12.5. The number of fused-ring (bicyclic) bond motifs is 1. The van der Waals surface area contributed by atoms with Gasteiger partial charge in [-0.25, -0.2) is 0 Å². The predicted octanol–water partition coefficient (Wildman–Crippen LogP) is 3.93. The van der Waals surface area contributed by atoms with Crippen molar-refractivity contribution in [2.45, 2.75) is 66.6 Å². The van der Waals surface area contributed by atoms with Crippen molar-refractivity contribution in [2.75, 3.05) is 0 Å². The Morgan fingerprint density at radius 1 is 1.28 bits per heavy atom. The molecule has 2 rings (SSSR count). The van der Waals surface area contributed by atoms with Gasteiger partial charge in [0, 0.05) is 5.56 Å². The maximum atomic E-state index is 9.38. The van der Waals surface area contributed by atoms with Crippen LogP contribution in [0.3, 0.4) is 0 Å². The molecule has 18 heavy (non-hydrogen) atoms. The molecule has 0 aromatic heterocycles. The third-order valence-corrected chi connectivity index (χ3v) is 3.51. The molecule has 0 fully saturated rings. The zero-order valence-corrected chi connectivity index (χ0v) is 12.6. The van der Waals surface area contributed by atoms with Crippen LogP contribution < -0.4 is 4.74 Å². The van der Waals surface area contributed by atoms with Gasteiger partial charge in [0.2, 0.25) is 0 Å². The van der Waals surface area contributed by atoms with Crippen LogP contribution in [-0.2, 0) is 13.0 Å². The van der Waals surface area contributed by atoms with Gasteiger partial charge in [0.15, 0.2) is 0 Å². The van der Waals surface area contributed by atoms with Crippen LogP contribution in [0.4, 0.5) is 0 Å². The fourth-order valence-electron chi connectivity index (χ4n) is 2.31. The lowest BCUT2D eigenvalue weighted by molar-refractivity contribution is 0.0826. The average Bonchev–Trinajstić information content (AvgIpc) is 2.35. The molecule has 1 aliphatic rings. The lowest BCUT2D eigenvalue weighted by Crippen LogP contribution is -2.33. The monoisotopic (exact) mass is 250 g/mol. The highest BCUT2D eigenvalue weighted by Gasteiger charge is 2.29. The van der Waals surface area contributed by atoms with Gasteiger partial charge in [-0.15, -0.1) is 0 Å². The summed E-state index contributed by atoms with van der Waals surface area (Å²) in [7, 11) is 0. The van der Waals surface area contributed by atoms with Crippen molar-refractivity contribution in [3.63, 3.8) is 0 Å². The summed E-state index contributed by atoms with van der Waals surface area (Å²) in [4.78, 5) is 0. The van der Waals surface area contributed by atoms with E-state index in [4.69, 9.17) is 4.74 Å². The molecule has 0 saturated heterocycles. The quantitative estimate of drug-likeness (QED) is 0.818. The van der Waals surface area contributed by atoms with E-state index >= 15 is 0 Å². The summed E-state index contributed by atoms with van der Waals surface area (Å²) in [5.74, 6) is 1.00. The van der Waals surface area contributed by atoms with E-state index in [1.54, 1.807) is 0 Å². The van der Waals surface area contributed by atoms with Crippen molar-refractivity contribution in [3.05, 3.63) is 28.3 Å². The minimum atomic E-state index is -0.0850. The van der Waals surface area contributed by atoms with Crippen LogP contribution in [0, 0.1) is 13.8 Å². The molecule has 2 nitrogen and oxygen atoms in total. The summed E-state index contributed by atoms with van der Waals surface area (Å²) >= 11 is 0. The molecular weight excluding hydrogens is 224 g/mol. The molecule has 0 amide bonds. The summed E-state index contributed by atoms with van der Waals surface area (Å²) in [5.41, 5.74) is 4.54. The number of aliphatic hydroxyl groups is 1. The highest BCUT2D eigenvalue weighted by atomic mass is 16.5. The number of aliphatic hydroxyl groups excluding tert-OH is 1. The van der Waals surface area contributed by atoms with Crippen LogP contribution in [-0.4, -0.2) is 10.7 Å². The maximum Gasteiger partial charge on any atom is 0.126 e. The van der Waals surface area contributed by atoms with Crippen molar-refractivity contribution in [2.24, 2.45) is 0 Å². The Bertz CT molecular complexity index is 420. The Kier molecular flexibility index (Phi) is 4.80. The highest BCUT2D eigenvalue weighted by molar-refractivity contribution is 5.51. The molecular formula is C16H26O2. The lowest BCUT2D eigenvalue weighted by Gasteiger charge is -2.35. The Balaban J connectivity index is 0.000000771. The molecule has 1 aliphatic heterocycles. The second-order valence-corrected chi connectivity index (χ2v) is 5.31. The molecule has 2 heteroatoms. The SMILES string of the molecule is CC.Cc1cc(CO)c2c(c1C)OC(C)(C)CC2. The number of benzene rings is 1. The lowest BCUT2D eigenvalue weighted by atomic mass is 9.88. The molecule has 0 radical (unpaired) electrons. The van der Waals surface area contributed by atoms with E-state index in [9.17, 15) is 5.11 Å². The van der Waals surface area contributed by atoms with Crippen molar-refractivity contribution >= 4 is 0 Å². The Labute approximate surface area is 111 Å². The second-order valence-electron chi connectivity index (χ2n) is 5.31. The smallest absolute Gasteiger partial charge is 0.126 e. The molecule has 0 bridgehead atoms. The van der Waals surface area contributed by atoms with Crippen LogP contribution in [0.5, 0.6) is 5.75 Å². The van der Waals surface area contributed by atoms with Crippen LogP contribution in [0.15, 0.2) is 6.07 Å². The summed E-state index contributed by atoms with van der Waals surface area (Å²) < 4.78 is 6.06. The first kappa shape index (κ1) is 15.0. The highest BCUT2D eigenvalue weighted by Crippen LogP contribution is 2.39. The number of hydrogen-bond acceptors (Lipinski definition) is 2. The van der Waals surface area contributed by atoms with Gasteiger partial charge < -0.3 is 9.84 Å². The molecule has 102 valence electrons. The Morgan fingerprint density at radius 2 is 1.89 bits per heavy atom. The fourth-order valence-corrected chi connectivity index (χ4v) is 2.31. The molecule has 0 spiro atoms. The molecule has 1 aromatic rings. The number of rotatable bonds is 1. The van der Waals surface area contributed by atoms with E-state index in [-0.39, 0.29) is 12.2 Å². The van der Waals surface area contributed by atoms with Gasteiger partial charge in [-0.1, -0.05) is 19.9 Å². The van der Waals surface area contributed by atoms with Gasteiger partial charge in [0.1, 0.15) is 11.4 Å². The van der Waals surface area contributed by atoms with Gasteiger partial charge in [0.05, 0.1) is 6.61 Å². The van der Waals surface area contributed by atoms with Gasteiger partial charge in [-0.05, 0) is 57.2 Å². The number of aryl methyl sites for hydroxylation is 1. The average molecular weight is 250 g/mol. The van der Waals surface area contributed by atoms with Gasteiger partial charge in [0.25, 0.3) is 0 Å². The minimum Gasteiger partial charge on any atom is -0.487 e. The van der Waals surface area contributed by atoms with Crippen LogP contribution in [0.1, 0.15) is 56.4 Å². The number of ether oxygens (including phenoxy) is 1. The Hall–Kier alpha value is -1.02. The normalized spacial score (nSPS) is 16.2. The molecule has 0 saturated carbocycles. The van der Waals surface area contributed by atoms with E-state index in [0.717, 1.165) is 24.2 Å². The van der Waals surface area contributed by atoms with Gasteiger partial charge >= 0.3 is 0 Å².